The van der Waals surface area contributed by atoms with Crippen molar-refractivity contribution in [2.24, 2.45) is 4.99 Å². The van der Waals surface area contributed by atoms with Gasteiger partial charge < -0.3 is 15.5 Å². The lowest BCUT2D eigenvalue weighted by molar-refractivity contribution is -0.127. The number of amides is 2. The summed E-state index contributed by atoms with van der Waals surface area (Å²) in [7, 11) is -2.95. The number of thioether (sulfide) groups is 1. The van der Waals surface area contributed by atoms with Crippen molar-refractivity contribution in [3.63, 3.8) is 0 Å². The average Bonchev–Trinajstić information content (AvgIpc) is 3.31. The summed E-state index contributed by atoms with van der Waals surface area (Å²) in [6, 6.07) is 6.95. The van der Waals surface area contributed by atoms with Crippen LogP contribution in [0, 0.1) is 0 Å². The maximum absolute atomic E-state index is 12.3. The second-order valence-electron chi connectivity index (χ2n) is 7.53. The van der Waals surface area contributed by atoms with Crippen LogP contribution in [-0.2, 0) is 14.6 Å². The maximum Gasteiger partial charge on any atom is 0.251 e. The number of anilines is 1. The van der Waals surface area contributed by atoms with E-state index in [-0.39, 0.29) is 34.6 Å². The van der Waals surface area contributed by atoms with Gasteiger partial charge in [0.05, 0.1) is 17.5 Å². The van der Waals surface area contributed by atoms with Gasteiger partial charge in [0.2, 0.25) is 5.91 Å². The first-order chi connectivity index (χ1) is 13.9. The Morgan fingerprint density at radius 3 is 2.72 bits per heavy atom. The molecule has 3 aliphatic rings. The number of benzene rings is 1. The molecule has 10 heteroatoms. The van der Waals surface area contributed by atoms with Crippen molar-refractivity contribution in [3.8, 4) is 0 Å². The Hall–Kier alpha value is -2.07. The highest BCUT2D eigenvalue weighted by Gasteiger charge is 2.42. The molecule has 0 bridgehead atoms. The normalized spacial score (nSPS) is 25.0. The molecule has 29 heavy (non-hydrogen) atoms. The van der Waals surface area contributed by atoms with Crippen molar-refractivity contribution >= 4 is 44.3 Å². The molecule has 2 atom stereocenters. The molecular formula is C19H24N4O4S2. The first-order valence-electron chi connectivity index (χ1n) is 9.77. The second kappa shape index (κ2) is 8.35. The molecule has 0 radical (unpaired) electrons. The van der Waals surface area contributed by atoms with Crippen LogP contribution in [0.4, 0.5) is 5.69 Å². The van der Waals surface area contributed by atoms with Gasteiger partial charge in [0.25, 0.3) is 5.91 Å². The van der Waals surface area contributed by atoms with Gasteiger partial charge in [-0.15, -0.1) is 0 Å². The van der Waals surface area contributed by atoms with E-state index < -0.39 is 9.84 Å². The lowest BCUT2D eigenvalue weighted by atomic mass is 10.2. The molecule has 1 aromatic carbocycles. The summed E-state index contributed by atoms with van der Waals surface area (Å²) >= 11 is 1.47. The number of fused-ring (bicyclic) bond motifs is 1. The lowest BCUT2D eigenvalue weighted by Gasteiger charge is -2.15. The fraction of sp³-hybridized carbons (Fsp3) is 0.526. The Bertz CT molecular complexity index is 930. The van der Waals surface area contributed by atoms with Crippen molar-refractivity contribution in [2.45, 2.75) is 30.6 Å². The summed E-state index contributed by atoms with van der Waals surface area (Å²) in [4.78, 5) is 30.1. The molecule has 156 valence electrons. The number of nitrogens with zero attached hydrogens (tertiary/aromatic N) is 2. The quantitative estimate of drug-likeness (QED) is 0.647. The molecule has 3 heterocycles. The fourth-order valence-electron chi connectivity index (χ4n) is 3.76. The number of likely N-dealkylation sites (tertiary alicyclic amines) is 1. The number of rotatable bonds is 6. The van der Waals surface area contributed by atoms with Gasteiger partial charge in [-0.25, -0.2) is 8.42 Å². The van der Waals surface area contributed by atoms with E-state index in [9.17, 15) is 18.0 Å². The van der Waals surface area contributed by atoms with Crippen LogP contribution >= 0.6 is 11.8 Å². The molecule has 8 nitrogen and oxygen atoms in total. The summed E-state index contributed by atoms with van der Waals surface area (Å²) in [6.07, 6.45) is 2.31. The Labute approximate surface area is 174 Å². The number of aliphatic imine (C=N–C) groups is 1. The van der Waals surface area contributed by atoms with Crippen LogP contribution in [-0.4, -0.2) is 72.7 Å². The molecule has 1 aromatic rings. The molecule has 0 saturated carbocycles. The predicted octanol–water partition coefficient (Wildman–Crippen LogP) is 1.11. The molecule has 0 unspecified atom stereocenters. The van der Waals surface area contributed by atoms with Crippen LogP contribution in [0.2, 0.25) is 0 Å². The minimum absolute atomic E-state index is 0.00315. The molecule has 2 saturated heterocycles. The highest BCUT2D eigenvalue weighted by Crippen LogP contribution is 2.34. The number of nitrogens with one attached hydrogen (secondary N) is 2. The van der Waals surface area contributed by atoms with Gasteiger partial charge >= 0.3 is 0 Å². The van der Waals surface area contributed by atoms with Gasteiger partial charge in [-0.05, 0) is 37.1 Å². The molecule has 0 aromatic heterocycles. The lowest BCUT2D eigenvalue weighted by Crippen LogP contribution is -2.30. The summed E-state index contributed by atoms with van der Waals surface area (Å²) in [6.45, 7) is 2.04. The molecule has 2 fully saturated rings. The van der Waals surface area contributed by atoms with Crippen LogP contribution in [0.15, 0.2) is 29.3 Å². The topological polar surface area (TPSA) is 108 Å². The Morgan fingerprint density at radius 1 is 1.24 bits per heavy atom. The monoisotopic (exact) mass is 436 g/mol. The van der Waals surface area contributed by atoms with Crippen molar-refractivity contribution < 1.29 is 18.0 Å². The van der Waals surface area contributed by atoms with Crippen LogP contribution in [0.25, 0.3) is 0 Å². The van der Waals surface area contributed by atoms with Gasteiger partial charge in [0, 0.05) is 42.6 Å². The Morgan fingerprint density at radius 2 is 2.03 bits per heavy atom. The van der Waals surface area contributed by atoms with Crippen LogP contribution in [0.3, 0.4) is 0 Å². The zero-order valence-corrected chi connectivity index (χ0v) is 17.6. The van der Waals surface area contributed by atoms with E-state index in [2.05, 4.69) is 15.6 Å². The summed E-state index contributed by atoms with van der Waals surface area (Å²) in [5.41, 5.74) is 1.37. The third kappa shape index (κ3) is 4.92. The number of hydrogen-bond acceptors (Lipinski definition) is 7. The Kier molecular flexibility index (Phi) is 5.82. The molecule has 0 spiro atoms. The standard InChI is InChI=1S/C19H24N4O4S2/c24-17-3-1-9-23(17)10-2-8-20-18(25)13-4-6-14(7-5-13)21-19-22-15-11-29(26,27)12-16(15)28-19/h4-7,15-16H,1-3,8-12H2,(H,20,25)(H,21,22)/t15-,16+/m1/s1. The SMILES string of the molecule is O=C(NCCCN1CCCC1=O)c1ccc(NC2=N[C@@H]3CS(=O)(=O)C[C@@H]3S2)cc1. The zero-order chi connectivity index (χ0) is 20.4. The van der Waals surface area contributed by atoms with E-state index in [0.717, 1.165) is 30.2 Å². The summed E-state index contributed by atoms with van der Waals surface area (Å²) in [5, 5.41) is 6.81. The van der Waals surface area contributed by atoms with Gasteiger partial charge in [-0.2, -0.15) is 0 Å². The van der Waals surface area contributed by atoms with Gasteiger partial charge in [0.15, 0.2) is 15.0 Å². The number of amidine groups is 1. The minimum atomic E-state index is -2.95. The van der Waals surface area contributed by atoms with Gasteiger partial charge in [0.1, 0.15) is 0 Å². The molecule has 4 rings (SSSR count). The summed E-state index contributed by atoms with van der Waals surface area (Å²) in [5.74, 6) is 0.370. The van der Waals surface area contributed by atoms with E-state index in [4.69, 9.17) is 0 Å². The van der Waals surface area contributed by atoms with Gasteiger partial charge in [-0.1, -0.05) is 11.8 Å². The van der Waals surface area contributed by atoms with Crippen molar-refractivity contribution in [1.29, 1.82) is 0 Å². The van der Waals surface area contributed by atoms with E-state index in [1.54, 1.807) is 12.1 Å². The van der Waals surface area contributed by atoms with Crippen LogP contribution < -0.4 is 10.6 Å². The molecule has 3 aliphatic heterocycles. The van der Waals surface area contributed by atoms with E-state index in [1.165, 1.54) is 11.8 Å². The Balaban J connectivity index is 1.23. The number of sulfone groups is 1. The van der Waals surface area contributed by atoms with E-state index in [1.807, 2.05) is 17.0 Å². The summed E-state index contributed by atoms with van der Waals surface area (Å²) < 4.78 is 23.3. The van der Waals surface area contributed by atoms with Crippen molar-refractivity contribution in [1.82, 2.24) is 10.2 Å². The maximum atomic E-state index is 12.3. The number of carbonyl (C=O) groups is 2. The largest absolute Gasteiger partial charge is 0.352 e. The van der Waals surface area contributed by atoms with E-state index in [0.29, 0.717) is 25.1 Å². The minimum Gasteiger partial charge on any atom is -0.352 e. The highest BCUT2D eigenvalue weighted by atomic mass is 32.2. The van der Waals surface area contributed by atoms with E-state index >= 15 is 0 Å². The zero-order valence-electron chi connectivity index (χ0n) is 16.0. The number of hydrogen-bond donors (Lipinski definition) is 2. The van der Waals surface area contributed by atoms with Gasteiger partial charge in [-0.3, -0.25) is 14.6 Å². The smallest absolute Gasteiger partial charge is 0.251 e. The molecule has 2 amide bonds. The number of carbonyl (C=O) groups excluding carboxylic acids is 2. The first kappa shape index (κ1) is 20.2. The fourth-order valence-corrected chi connectivity index (χ4v) is 7.43. The third-order valence-corrected chi connectivity index (χ3v) is 8.42. The molecule has 0 aliphatic carbocycles. The molecular weight excluding hydrogens is 412 g/mol. The third-order valence-electron chi connectivity index (χ3n) is 5.28. The van der Waals surface area contributed by atoms with Crippen LogP contribution in [0.5, 0.6) is 0 Å². The van der Waals surface area contributed by atoms with Crippen LogP contribution in [0.1, 0.15) is 29.6 Å². The molecule has 2 N–H and O–H groups in total. The second-order valence-corrected chi connectivity index (χ2v) is 10.9. The average molecular weight is 437 g/mol. The highest BCUT2D eigenvalue weighted by molar-refractivity contribution is 8.15. The first-order valence-corrected chi connectivity index (χ1v) is 12.5. The predicted molar refractivity (Wildman–Crippen MR) is 114 cm³/mol. The van der Waals surface area contributed by atoms with Crippen molar-refractivity contribution in [3.05, 3.63) is 29.8 Å². The van der Waals surface area contributed by atoms with Crippen molar-refractivity contribution in [2.75, 3.05) is 36.5 Å².